The molecule has 0 atom stereocenters. The first-order chi connectivity index (χ1) is 16.6. The predicted molar refractivity (Wildman–Crippen MR) is 145 cm³/mol. The first-order valence-corrected chi connectivity index (χ1v) is 15.6. The first kappa shape index (κ1) is 26.2. The van der Waals surface area contributed by atoms with Gasteiger partial charge in [-0.1, -0.05) is 41.5 Å². The fourth-order valence-electron chi connectivity index (χ4n) is 6.78. The minimum absolute atomic E-state index is 0.0111. The van der Waals surface area contributed by atoms with Gasteiger partial charge in [-0.15, -0.1) is 0 Å². The zero-order chi connectivity index (χ0) is 25.3. The molecule has 2 fully saturated rings. The molecule has 1 aliphatic carbocycles. The Hall–Kier alpha value is -1.90. The Morgan fingerprint density at radius 3 is 2.34 bits per heavy atom. The van der Waals surface area contributed by atoms with Crippen LogP contribution in [0.5, 0.6) is 0 Å². The van der Waals surface area contributed by atoms with Crippen LogP contribution in [0.2, 0.25) is 16.6 Å². The van der Waals surface area contributed by atoms with Gasteiger partial charge in [-0.25, -0.2) is 4.98 Å². The van der Waals surface area contributed by atoms with Crippen molar-refractivity contribution in [3.8, 4) is 0 Å². The molecular formula is C27H44N4O3Si. The summed E-state index contributed by atoms with van der Waals surface area (Å²) >= 11 is 0. The van der Waals surface area contributed by atoms with E-state index in [9.17, 15) is 4.79 Å². The van der Waals surface area contributed by atoms with Gasteiger partial charge in [0.1, 0.15) is 6.61 Å². The number of amides is 1. The normalized spacial score (nSPS) is 22.2. The highest BCUT2D eigenvalue weighted by molar-refractivity contribution is 6.77. The number of nitrogens with zero attached hydrogens (tertiary/aromatic N) is 3. The number of benzene rings is 1. The number of rotatable bonds is 8. The van der Waals surface area contributed by atoms with E-state index in [1.807, 2.05) is 12.1 Å². The number of imidazole rings is 1. The molecule has 1 aromatic heterocycles. The second-order valence-electron chi connectivity index (χ2n) is 11.4. The number of anilines is 2. The quantitative estimate of drug-likeness (QED) is 0.456. The Kier molecular flexibility index (Phi) is 7.93. The molecule has 1 saturated carbocycles. The van der Waals surface area contributed by atoms with E-state index in [4.69, 9.17) is 14.9 Å². The molecule has 2 aliphatic rings. The number of carbonyl (C=O) groups is 1. The summed E-state index contributed by atoms with van der Waals surface area (Å²) in [4.78, 5) is 18.7. The Morgan fingerprint density at radius 1 is 1.09 bits per heavy atom. The summed E-state index contributed by atoms with van der Waals surface area (Å²) in [5.41, 5.74) is 11.1. The number of nitrogens with two attached hydrogens (primary N) is 1. The average molecular weight is 501 g/mol. The predicted octanol–water partition coefficient (Wildman–Crippen LogP) is 5.91. The van der Waals surface area contributed by atoms with Crippen LogP contribution >= 0.6 is 0 Å². The average Bonchev–Trinajstić information content (AvgIpc) is 3.14. The molecular weight excluding hydrogens is 456 g/mol. The van der Waals surface area contributed by atoms with Crippen LogP contribution in [0.15, 0.2) is 18.2 Å². The zero-order valence-corrected chi connectivity index (χ0v) is 23.4. The van der Waals surface area contributed by atoms with Gasteiger partial charge in [0.05, 0.1) is 17.6 Å². The van der Waals surface area contributed by atoms with Gasteiger partial charge >= 0.3 is 0 Å². The van der Waals surface area contributed by atoms with Crippen LogP contribution < -0.4 is 10.6 Å². The van der Waals surface area contributed by atoms with E-state index < -0.39 is 8.32 Å². The van der Waals surface area contributed by atoms with Gasteiger partial charge in [-0.3, -0.25) is 4.79 Å². The summed E-state index contributed by atoms with van der Waals surface area (Å²) in [6.45, 7) is 16.3. The molecule has 0 spiro atoms. The zero-order valence-electron chi connectivity index (χ0n) is 22.4. The molecule has 35 heavy (non-hydrogen) atoms. The van der Waals surface area contributed by atoms with Crippen LogP contribution in [-0.4, -0.2) is 50.1 Å². The lowest BCUT2D eigenvalue weighted by Crippen LogP contribution is -2.48. The Bertz CT molecular complexity index is 1010. The smallest absolute Gasteiger partial charge is 0.253 e. The van der Waals surface area contributed by atoms with E-state index >= 15 is 0 Å². The van der Waals surface area contributed by atoms with E-state index in [-0.39, 0.29) is 12.5 Å². The van der Waals surface area contributed by atoms with Crippen LogP contribution in [-0.2, 0) is 14.0 Å². The molecule has 2 aromatic rings. The molecule has 1 aliphatic heterocycles. The van der Waals surface area contributed by atoms with E-state index in [0.29, 0.717) is 47.7 Å². The Morgan fingerprint density at radius 2 is 1.74 bits per heavy atom. The molecule has 1 saturated heterocycles. The number of ether oxygens (including phenoxy) is 1. The summed E-state index contributed by atoms with van der Waals surface area (Å²) < 4.78 is 14.4. The van der Waals surface area contributed by atoms with Crippen molar-refractivity contribution in [2.24, 2.45) is 5.92 Å². The number of hydrogen-bond acceptors (Lipinski definition) is 5. The molecule has 8 heteroatoms. The van der Waals surface area contributed by atoms with Gasteiger partial charge in [0, 0.05) is 24.9 Å². The van der Waals surface area contributed by atoms with Crippen molar-refractivity contribution in [2.45, 2.75) is 89.9 Å². The monoisotopic (exact) mass is 500 g/mol. The third kappa shape index (κ3) is 5.02. The molecule has 1 amide bonds. The van der Waals surface area contributed by atoms with Crippen LogP contribution in [0.4, 0.5) is 11.6 Å². The van der Waals surface area contributed by atoms with Gasteiger partial charge in [-0.2, -0.15) is 0 Å². The van der Waals surface area contributed by atoms with Crippen molar-refractivity contribution < 1.29 is 14.0 Å². The van der Waals surface area contributed by atoms with Crippen molar-refractivity contribution in [3.05, 3.63) is 18.2 Å². The summed E-state index contributed by atoms with van der Waals surface area (Å²) in [6.07, 6.45) is 4.49. The van der Waals surface area contributed by atoms with Gasteiger partial charge in [0.25, 0.3) is 5.91 Å². The highest BCUT2D eigenvalue weighted by Gasteiger charge is 2.45. The minimum Gasteiger partial charge on any atom is -0.416 e. The number of carbonyl (C=O) groups excluding carboxylic acids is 1. The lowest BCUT2D eigenvalue weighted by Gasteiger charge is -2.43. The maximum atomic E-state index is 12.3. The lowest BCUT2D eigenvalue weighted by molar-refractivity contribution is -0.125. The third-order valence-electron chi connectivity index (χ3n) is 8.46. The SMILES string of the molecule is CC(C)[Si](OC[C@H]1CC[C@@H](n2c(N)nc3cc(N4CCOCC4=O)ccc32)CC1)(C(C)C)C(C)C. The minimum atomic E-state index is -1.82. The van der Waals surface area contributed by atoms with Crippen molar-refractivity contribution >= 4 is 36.9 Å². The summed E-state index contributed by atoms with van der Waals surface area (Å²) in [7, 11) is -1.82. The maximum Gasteiger partial charge on any atom is 0.253 e. The van der Waals surface area contributed by atoms with Crippen molar-refractivity contribution in [2.75, 3.05) is 37.0 Å². The fraction of sp³-hybridized carbons (Fsp3) is 0.704. The molecule has 2 heterocycles. The second kappa shape index (κ2) is 10.6. The molecule has 0 radical (unpaired) electrons. The molecule has 1 aromatic carbocycles. The maximum absolute atomic E-state index is 12.3. The Labute approximate surface area is 211 Å². The third-order valence-corrected chi connectivity index (χ3v) is 14.5. The highest BCUT2D eigenvalue weighted by Crippen LogP contribution is 2.44. The largest absolute Gasteiger partial charge is 0.416 e. The van der Waals surface area contributed by atoms with Crippen LogP contribution in [0, 0.1) is 5.92 Å². The number of aromatic nitrogens is 2. The highest BCUT2D eigenvalue weighted by atomic mass is 28.4. The van der Waals surface area contributed by atoms with E-state index in [0.717, 1.165) is 49.0 Å². The lowest BCUT2D eigenvalue weighted by atomic mass is 9.86. The first-order valence-electron chi connectivity index (χ1n) is 13.4. The summed E-state index contributed by atoms with van der Waals surface area (Å²) in [5, 5.41) is 0. The second-order valence-corrected chi connectivity index (χ2v) is 16.9. The number of hydrogen-bond donors (Lipinski definition) is 1. The van der Waals surface area contributed by atoms with Crippen LogP contribution in [0.1, 0.15) is 73.3 Å². The number of nitrogen functional groups attached to an aromatic ring is 1. The summed E-state index contributed by atoms with van der Waals surface area (Å²) in [6, 6.07) is 6.42. The topological polar surface area (TPSA) is 82.6 Å². The molecule has 7 nitrogen and oxygen atoms in total. The van der Waals surface area contributed by atoms with E-state index in [1.165, 1.54) is 0 Å². The standard InChI is InChI=1S/C27H44N4O3Si/c1-18(2)35(19(3)4,20(5)6)34-16-21-7-9-22(10-8-21)31-25-12-11-23(15-24(25)29-27(31)28)30-13-14-33-17-26(30)32/h11-12,15,18-22H,7-10,13-14,16-17H2,1-6H3,(H2,28,29)/t21-,22+. The Balaban J connectivity index is 1.43. The van der Waals surface area contributed by atoms with Crippen LogP contribution in [0.25, 0.3) is 11.0 Å². The molecule has 0 bridgehead atoms. The van der Waals surface area contributed by atoms with Gasteiger partial charge in [0.15, 0.2) is 8.32 Å². The molecule has 2 N–H and O–H groups in total. The van der Waals surface area contributed by atoms with Gasteiger partial charge in [-0.05, 0) is 66.4 Å². The molecule has 4 rings (SSSR count). The van der Waals surface area contributed by atoms with Gasteiger partial charge in [0.2, 0.25) is 5.95 Å². The van der Waals surface area contributed by atoms with Crippen molar-refractivity contribution in [1.82, 2.24) is 9.55 Å². The summed E-state index contributed by atoms with van der Waals surface area (Å²) in [5.74, 6) is 1.17. The van der Waals surface area contributed by atoms with E-state index in [1.54, 1.807) is 4.90 Å². The van der Waals surface area contributed by atoms with E-state index in [2.05, 4.69) is 57.2 Å². The number of fused-ring (bicyclic) bond motifs is 1. The molecule has 0 unspecified atom stereocenters. The molecule has 194 valence electrons. The van der Waals surface area contributed by atoms with Crippen molar-refractivity contribution in [3.63, 3.8) is 0 Å². The number of morpholine rings is 1. The van der Waals surface area contributed by atoms with Gasteiger partial charge < -0.3 is 24.4 Å². The fourth-order valence-corrected chi connectivity index (χ4v) is 12.3. The van der Waals surface area contributed by atoms with Crippen molar-refractivity contribution in [1.29, 1.82) is 0 Å². The van der Waals surface area contributed by atoms with Crippen LogP contribution in [0.3, 0.4) is 0 Å².